The van der Waals surface area contributed by atoms with Crippen molar-refractivity contribution in [1.82, 2.24) is 0 Å². The smallest absolute Gasteiger partial charge is 0.192 e. The average molecular weight is 567 g/mol. The number of halogens is 2. The van der Waals surface area contributed by atoms with Crippen molar-refractivity contribution in [3.05, 3.63) is 109 Å². The second-order valence-corrected chi connectivity index (χ2v) is 13.3. The van der Waals surface area contributed by atoms with Crippen LogP contribution in [0.25, 0.3) is 22.3 Å². The fourth-order valence-corrected chi connectivity index (χ4v) is 8.74. The molecule has 2 nitrogen and oxygen atoms in total. The van der Waals surface area contributed by atoms with E-state index in [-0.39, 0.29) is 0 Å². The summed E-state index contributed by atoms with van der Waals surface area (Å²) in [5.41, 5.74) is 4.79. The molecule has 6 heteroatoms. The molecule has 1 heterocycles. The maximum Gasteiger partial charge on any atom is 0.192 e. The Morgan fingerprint density at radius 1 is 0.541 bits per heavy atom. The van der Waals surface area contributed by atoms with Crippen LogP contribution >= 0.6 is 40.4 Å². The highest BCUT2D eigenvalue weighted by atomic mass is 35.5. The molecule has 0 aromatic heterocycles. The first-order valence-electron chi connectivity index (χ1n) is 12.3. The van der Waals surface area contributed by atoms with Crippen LogP contribution in [0.2, 0.25) is 0 Å². The highest BCUT2D eigenvalue weighted by Gasteiger charge is 2.62. The Labute approximate surface area is 233 Å². The van der Waals surface area contributed by atoms with Crippen molar-refractivity contribution in [2.75, 3.05) is 12.3 Å². The van der Waals surface area contributed by atoms with Crippen molar-refractivity contribution in [2.24, 2.45) is 0 Å². The van der Waals surface area contributed by atoms with Gasteiger partial charge in [-0.15, -0.1) is 0 Å². The number of hydrogen-bond donors (Lipinski definition) is 0. The van der Waals surface area contributed by atoms with Gasteiger partial charge in [-0.2, -0.15) is 0 Å². The molecule has 4 aromatic rings. The van der Waals surface area contributed by atoms with Crippen molar-refractivity contribution < 1.29 is 9.47 Å². The minimum absolute atomic E-state index is 0.404. The van der Waals surface area contributed by atoms with Crippen LogP contribution in [0.1, 0.15) is 13.8 Å². The Kier molecular flexibility index (Phi) is 8.09. The van der Waals surface area contributed by atoms with E-state index in [0.717, 1.165) is 0 Å². The zero-order valence-electron chi connectivity index (χ0n) is 20.9. The third-order valence-corrected chi connectivity index (χ3v) is 11.0. The standard InChI is InChI=1S/C31H30Cl2O2P2/c1-29(2)34-30(32,21-36-27-19-11-9-17-25(27)23-13-5-3-6-14-23)31(33,35-29)22-37-28-20-12-10-18-26(28)24-15-7-4-8-16-24/h3-20,36-37H,21-22H2,1-2H3/t30-,31-/m1/s1. The molecule has 1 aliphatic rings. The first kappa shape index (κ1) is 26.8. The average Bonchev–Trinajstić information content (AvgIpc) is 3.11. The summed E-state index contributed by atoms with van der Waals surface area (Å²) in [5.74, 6) is -0.879. The minimum atomic E-state index is -1.16. The van der Waals surface area contributed by atoms with Crippen molar-refractivity contribution in [2.45, 2.75) is 29.8 Å². The zero-order chi connectivity index (χ0) is 25.9. The van der Waals surface area contributed by atoms with E-state index in [4.69, 9.17) is 32.7 Å². The van der Waals surface area contributed by atoms with Gasteiger partial charge in [0.05, 0.1) is 0 Å². The van der Waals surface area contributed by atoms with Crippen LogP contribution < -0.4 is 10.6 Å². The summed E-state index contributed by atoms with van der Waals surface area (Å²) in [6.45, 7) is 3.77. The molecule has 1 fully saturated rings. The molecule has 4 atom stereocenters. The minimum Gasteiger partial charge on any atom is -0.324 e. The van der Waals surface area contributed by atoms with Gasteiger partial charge in [-0.3, -0.25) is 0 Å². The van der Waals surface area contributed by atoms with Crippen LogP contribution in [0.5, 0.6) is 0 Å². The fourth-order valence-electron chi connectivity index (χ4n) is 4.72. The molecule has 1 aliphatic heterocycles. The summed E-state index contributed by atoms with van der Waals surface area (Å²) in [4.78, 5) is 0. The van der Waals surface area contributed by atoms with Gasteiger partial charge in [-0.1, -0.05) is 150 Å². The summed E-state index contributed by atoms with van der Waals surface area (Å²) in [6.07, 6.45) is 1.10. The van der Waals surface area contributed by atoms with E-state index in [1.54, 1.807) is 0 Å². The zero-order valence-corrected chi connectivity index (χ0v) is 24.4. The lowest BCUT2D eigenvalue weighted by molar-refractivity contribution is -0.151. The highest BCUT2D eigenvalue weighted by molar-refractivity contribution is 7.48. The van der Waals surface area contributed by atoms with E-state index < -0.39 is 15.9 Å². The predicted octanol–water partition coefficient (Wildman–Crippen LogP) is 7.98. The Hall–Kier alpha value is -1.76. The molecule has 5 rings (SSSR count). The van der Waals surface area contributed by atoms with E-state index in [9.17, 15) is 0 Å². The van der Waals surface area contributed by atoms with E-state index >= 15 is 0 Å². The summed E-state index contributed by atoms with van der Waals surface area (Å²) in [7, 11) is 0.809. The fraction of sp³-hybridized carbons (Fsp3) is 0.226. The molecule has 0 aliphatic carbocycles. The molecule has 37 heavy (non-hydrogen) atoms. The lowest BCUT2D eigenvalue weighted by Gasteiger charge is -2.33. The number of benzene rings is 4. The lowest BCUT2D eigenvalue weighted by Crippen LogP contribution is -2.47. The van der Waals surface area contributed by atoms with E-state index in [2.05, 4.69) is 97.1 Å². The third-order valence-electron chi connectivity index (χ3n) is 6.41. The summed E-state index contributed by atoms with van der Waals surface area (Å²) >= 11 is 14.5. The Morgan fingerprint density at radius 3 is 1.30 bits per heavy atom. The second kappa shape index (κ2) is 11.2. The first-order chi connectivity index (χ1) is 17.8. The monoisotopic (exact) mass is 566 g/mol. The number of ether oxygens (including phenoxy) is 2. The maximum atomic E-state index is 7.27. The summed E-state index contributed by atoms with van der Waals surface area (Å²) < 4.78 is 12.7. The van der Waals surface area contributed by atoms with Gasteiger partial charge < -0.3 is 9.47 Å². The Morgan fingerprint density at radius 2 is 0.892 bits per heavy atom. The van der Waals surface area contributed by atoms with Crippen molar-refractivity contribution in [3.63, 3.8) is 0 Å². The molecule has 0 N–H and O–H groups in total. The van der Waals surface area contributed by atoms with Crippen molar-refractivity contribution in [3.8, 4) is 22.3 Å². The molecule has 0 radical (unpaired) electrons. The van der Waals surface area contributed by atoms with E-state index in [1.165, 1.54) is 32.9 Å². The predicted molar refractivity (Wildman–Crippen MR) is 163 cm³/mol. The van der Waals surface area contributed by atoms with Crippen LogP contribution in [0.3, 0.4) is 0 Å². The normalized spacial score (nSPS) is 23.4. The van der Waals surface area contributed by atoms with E-state index in [0.29, 0.717) is 29.5 Å². The van der Waals surface area contributed by atoms with Gasteiger partial charge in [-0.05, 0) is 46.7 Å². The Bertz CT molecular complexity index is 1250. The quantitative estimate of drug-likeness (QED) is 0.159. The first-order valence-corrected chi connectivity index (χ1v) is 15.5. The largest absolute Gasteiger partial charge is 0.324 e. The third kappa shape index (κ3) is 5.97. The van der Waals surface area contributed by atoms with Crippen LogP contribution in [-0.2, 0) is 9.47 Å². The highest BCUT2D eigenvalue weighted by Crippen LogP contribution is 2.53. The van der Waals surface area contributed by atoms with Crippen LogP contribution in [0.4, 0.5) is 0 Å². The van der Waals surface area contributed by atoms with Gasteiger partial charge in [0.15, 0.2) is 15.9 Å². The Balaban J connectivity index is 1.38. The van der Waals surface area contributed by atoms with Crippen LogP contribution in [0, 0.1) is 0 Å². The molecular formula is C31H30Cl2O2P2. The molecule has 0 saturated carbocycles. The van der Waals surface area contributed by atoms with Gasteiger partial charge >= 0.3 is 0 Å². The maximum absolute atomic E-state index is 7.27. The van der Waals surface area contributed by atoms with Gasteiger partial charge in [-0.25, -0.2) is 0 Å². The van der Waals surface area contributed by atoms with Crippen LogP contribution in [0.15, 0.2) is 109 Å². The van der Waals surface area contributed by atoms with E-state index in [1.807, 2.05) is 26.0 Å². The number of alkyl halides is 2. The van der Waals surface area contributed by atoms with Gasteiger partial charge in [0.2, 0.25) is 0 Å². The van der Waals surface area contributed by atoms with Crippen molar-refractivity contribution in [1.29, 1.82) is 0 Å². The molecule has 190 valence electrons. The molecular weight excluding hydrogens is 537 g/mol. The number of hydrogen-bond acceptors (Lipinski definition) is 2. The molecule has 0 bridgehead atoms. The topological polar surface area (TPSA) is 18.5 Å². The van der Waals surface area contributed by atoms with Crippen molar-refractivity contribution >= 4 is 51.0 Å². The molecule has 1 saturated heterocycles. The number of rotatable bonds is 8. The van der Waals surface area contributed by atoms with Gasteiger partial charge in [0.1, 0.15) is 0 Å². The van der Waals surface area contributed by atoms with Gasteiger partial charge in [0.25, 0.3) is 0 Å². The lowest BCUT2D eigenvalue weighted by atomic mass is 10.1. The van der Waals surface area contributed by atoms with Crippen LogP contribution in [-0.4, -0.2) is 28.2 Å². The molecule has 0 amide bonds. The molecule has 4 aromatic carbocycles. The molecule has 2 unspecified atom stereocenters. The summed E-state index contributed by atoms with van der Waals surface area (Å²) in [5, 5.41) is 0.153. The summed E-state index contributed by atoms with van der Waals surface area (Å²) in [6, 6.07) is 37.8. The second-order valence-electron chi connectivity index (χ2n) is 9.59. The van der Waals surface area contributed by atoms with Gasteiger partial charge in [0, 0.05) is 12.3 Å². The SMILES string of the molecule is CC1(C)O[C@](Cl)(CPc2ccccc2-c2ccccc2)[C@@](Cl)(CPc2ccccc2-c2ccccc2)O1. The molecule has 0 spiro atoms.